The third-order valence-corrected chi connectivity index (χ3v) is 6.59. The van der Waals surface area contributed by atoms with E-state index in [1.54, 1.807) is 0 Å². The first-order valence-electron chi connectivity index (χ1n) is 10.5. The van der Waals surface area contributed by atoms with Crippen LogP contribution in [-0.4, -0.2) is 45.1 Å². The Morgan fingerprint density at radius 3 is 2.81 bits per heavy atom. The average molecular weight is 370 g/mol. The van der Waals surface area contributed by atoms with E-state index in [4.69, 9.17) is 4.98 Å². The van der Waals surface area contributed by atoms with Crippen molar-refractivity contribution in [2.24, 2.45) is 11.8 Å². The van der Waals surface area contributed by atoms with E-state index in [1.807, 2.05) is 0 Å². The maximum atomic E-state index is 11.4. The molecule has 2 fully saturated rings. The largest absolute Gasteiger partial charge is 0.481 e. The number of aromatic amines is 1. The van der Waals surface area contributed by atoms with Crippen LogP contribution in [0.1, 0.15) is 56.3 Å². The van der Waals surface area contributed by atoms with Crippen LogP contribution in [0.4, 0.5) is 0 Å². The number of H-pyrrole nitrogens is 1. The van der Waals surface area contributed by atoms with E-state index in [2.05, 4.69) is 35.0 Å². The number of aliphatic carboxylic acids is 1. The van der Waals surface area contributed by atoms with Crippen LogP contribution in [0.5, 0.6) is 0 Å². The van der Waals surface area contributed by atoms with E-state index in [-0.39, 0.29) is 12.3 Å². The molecule has 0 amide bonds. The summed E-state index contributed by atoms with van der Waals surface area (Å²) in [5.41, 5.74) is 3.31. The molecule has 5 nitrogen and oxygen atoms in total. The van der Waals surface area contributed by atoms with Gasteiger partial charge in [0.15, 0.2) is 0 Å². The summed E-state index contributed by atoms with van der Waals surface area (Å²) in [6.45, 7) is 4.16. The second kappa shape index (κ2) is 8.01. The Bertz CT molecular complexity index is 794. The van der Waals surface area contributed by atoms with Crippen molar-refractivity contribution in [3.63, 3.8) is 0 Å². The van der Waals surface area contributed by atoms with Gasteiger partial charge in [-0.05, 0) is 62.3 Å². The highest BCUT2D eigenvalue weighted by Crippen LogP contribution is 2.33. The number of aryl methyl sites for hydroxylation is 1. The van der Waals surface area contributed by atoms with Crippen molar-refractivity contribution in [3.05, 3.63) is 29.6 Å². The molecular formula is C22H31N3O2. The van der Waals surface area contributed by atoms with Gasteiger partial charge >= 0.3 is 5.97 Å². The van der Waals surface area contributed by atoms with E-state index in [9.17, 15) is 9.90 Å². The van der Waals surface area contributed by atoms with Gasteiger partial charge in [-0.25, -0.2) is 4.98 Å². The molecule has 0 radical (unpaired) electrons. The van der Waals surface area contributed by atoms with Gasteiger partial charge in [-0.3, -0.25) is 4.79 Å². The van der Waals surface area contributed by atoms with Gasteiger partial charge in [0.25, 0.3) is 0 Å². The summed E-state index contributed by atoms with van der Waals surface area (Å²) in [6, 6.07) is 6.99. The number of fused-ring (bicyclic) bond motifs is 1. The summed E-state index contributed by atoms with van der Waals surface area (Å²) in [5.74, 6) is 0.938. The summed E-state index contributed by atoms with van der Waals surface area (Å²) in [6.07, 6.45) is 8.78. The van der Waals surface area contributed by atoms with Crippen LogP contribution < -0.4 is 0 Å². The highest BCUT2D eigenvalue weighted by Gasteiger charge is 2.34. The molecule has 2 atom stereocenters. The van der Waals surface area contributed by atoms with Crippen LogP contribution in [0.15, 0.2) is 18.2 Å². The number of carboxylic acid groups (broad SMARTS) is 1. The summed E-state index contributed by atoms with van der Waals surface area (Å²) < 4.78 is 0. The SMILES string of the molecule is Cc1ccc2nc(CC3CN(C4CCCCC4)CCC3CC(=O)O)[nH]c2c1. The molecule has 1 aliphatic carbocycles. The number of aromatic nitrogens is 2. The molecule has 27 heavy (non-hydrogen) atoms. The first kappa shape index (κ1) is 18.5. The number of carbonyl (C=O) groups is 1. The minimum atomic E-state index is -0.670. The number of carboxylic acids is 1. The minimum Gasteiger partial charge on any atom is -0.481 e. The lowest BCUT2D eigenvalue weighted by Crippen LogP contribution is -2.47. The number of nitrogens with zero attached hydrogens (tertiary/aromatic N) is 2. The Kier molecular flexibility index (Phi) is 5.48. The molecule has 2 unspecified atom stereocenters. The van der Waals surface area contributed by atoms with Crippen molar-refractivity contribution in [1.82, 2.24) is 14.9 Å². The van der Waals surface area contributed by atoms with Gasteiger partial charge in [0.2, 0.25) is 0 Å². The highest BCUT2D eigenvalue weighted by molar-refractivity contribution is 5.75. The fraction of sp³-hybridized carbons (Fsp3) is 0.636. The molecule has 1 saturated carbocycles. The maximum Gasteiger partial charge on any atom is 0.303 e. The number of rotatable bonds is 5. The van der Waals surface area contributed by atoms with Crippen molar-refractivity contribution in [3.8, 4) is 0 Å². The van der Waals surface area contributed by atoms with E-state index in [1.165, 1.54) is 37.7 Å². The zero-order chi connectivity index (χ0) is 18.8. The van der Waals surface area contributed by atoms with E-state index in [0.717, 1.165) is 42.8 Å². The molecular weight excluding hydrogens is 338 g/mol. The lowest BCUT2D eigenvalue weighted by molar-refractivity contribution is -0.139. The lowest BCUT2D eigenvalue weighted by Gasteiger charge is -2.43. The third-order valence-electron chi connectivity index (χ3n) is 6.59. The summed E-state index contributed by atoms with van der Waals surface area (Å²) in [7, 11) is 0. The molecule has 1 aromatic heterocycles. The molecule has 0 spiro atoms. The van der Waals surface area contributed by atoms with Crippen molar-refractivity contribution in [1.29, 1.82) is 0 Å². The highest BCUT2D eigenvalue weighted by atomic mass is 16.4. The molecule has 4 rings (SSSR count). The molecule has 2 N–H and O–H groups in total. The second-order valence-electron chi connectivity index (χ2n) is 8.60. The number of hydrogen-bond donors (Lipinski definition) is 2. The molecule has 1 aromatic carbocycles. The van der Waals surface area contributed by atoms with Crippen LogP contribution in [-0.2, 0) is 11.2 Å². The van der Waals surface area contributed by atoms with Gasteiger partial charge < -0.3 is 15.0 Å². The zero-order valence-electron chi connectivity index (χ0n) is 16.3. The van der Waals surface area contributed by atoms with Gasteiger partial charge in [-0.2, -0.15) is 0 Å². The quantitative estimate of drug-likeness (QED) is 0.830. The Hall–Kier alpha value is -1.88. The maximum absolute atomic E-state index is 11.4. The smallest absolute Gasteiger partial charge is 0.303 e. The first-order valence-corrected chi connectivity index (χ1v) is 10.5. The van der Waals surface area contributed by atoms with Crippen LogP contribution in [0.2, 0.25) is 0 Å². The number of piperidine rings is 1. The fourth-order valence-corrected chi connectivity index (χ4v) is 5.13. The number of nitrogens with one attached hydrogen (secondary N) is 1. The second-order valence-corrected chi connectivity index (χ2v) is 8.60. The van der Waals surface area contributed by atoms with Crippen molar-refractivity contribution >= 4 is 17.0 Å². The first-order chi connectivity index (χ1) is 13.1. The average Bonchev–Trinajstić information content (AvgIpc) is 3.05. The normalized spacial score (nSPS) is 25.1. The Morgan fingerprint density at radius 1 is 1.22 bits per heavy atom. The van der Waals surface area contributed by atoms with Gasteiger partial charge in [0.1, 0.15) is 5.82 Å². The van der Waals surface area contributed by atoms with Gasteiger partial charge in [-0.15, -0.1) is 0 Å². The Morgan fingerprint density at radius 2 is 2.04 bits per heavy atom. The van der Waals surface area contributed by atoms with Crippen molar-refractivity contribution in [2.75, 3.05) is 13.1 Å². The minimum absolute atomic E-state index is 0.247. The molecule has 2 aliphatic rings. The predicted molar refractivity (Wildman–Crippen MR) is 107 cm³/mol. The molecule has 5 heteroatoms. The molecule has 146 valence electrons. The summed E-state index contributed by atoms with van der Waals surface area (Å²) >= 11 is 0. The molecule has 1 saturated heterocycles. The van der Waals surface area contributed by atoms with Crippen molar-refractivity contribution < 1.29 is 9.90 Å². The Balaban J connectivity index is 1.51. The van der Waals surface area contributed by atoms with Crippen molar-refractivity contribution in [2.45, 2.75) is 64.3 Å². The van der Waals surface area contributed by atoms with Crippen LogP contribution in [0.3, 0.4) is 0 Å². The Labute approximate surface area is 161 Å². The summed E-state index contributed by atoms with van der Waals surface area (Å²) in [4.78, 5) is 22.3. The number of likely N-dealkylation sites (tertiary alicyclic amines) is 1. The van der Waals surface area contributed by atoms with Gasteiger partial charge in [0, 0.05) is 25.4 Å². The third kappa shape index (κ3) is 4.34. The van der Waals surface area contributed by atoms with E-state index >= 15 is 0 Å². The van der Waals surface area contributed by atoms with Crippen LogP contribution in [0, 0.1) is 18.8 Å². The van der Waals surface area contributed by atoms with E-state index < -0.39 is 5.97 Å². The van der Waals surface area contributed by atoms with Gasteiger partial charge in [-0.1, -0.05) is 25.3 Å². The molecule has 1 aliphatic heterocycles. The molecule has 2 aromatic rings. The van der Waals surface area contributed by atoms with E-state index in [0.29, 0.717) is 12.0 Å². The summed E-state index contributed by atoms with van der Waals surface area (Å²) in [5, 5.41) is 9.37. The molecule has 2 heterocycles. The monoisotopic (exact) mass is 369 g/mol. The predicted octanol–water partition coefficient (Wildman–Crippen LogP) is 4.16. The topological polar surface area (TPSA) is 69.2 Å². The van der Waals surface area contributed by atoms with Gasteiger partial charge in [0.05, 0.1) is 11.0 Å². The van der Waals surface area contributed by atoms with Crippen LogP contribution >= 0.6 is 0 Å². The molecule has 0 bridgehead atoms. The lowest BCUT2D eigenvalue weighted by atomic mass is 9.79. The number of imidazole rings is 1. The standard InChI is InChI=1S/C22H31N3O2/c1-15-7-8-19-20(11-15)24-21(23-19)12-17-14-25(18-5-3-2-4-6-18)10-9-16(17)13-22(26)27/h7-8,11,16-18H,2-6,9-10,12-14H2,1H3,(H,23,24)(H,26,27). The zero-order valence-corrected chi connectivity index (χ0v) is 16.3. The number of hydrogen-bond acceptors (Lipinski definition) is 3. The van der Waals surface area contributed by atoms with Crippen LogP contribution in [0.25, 0.3) is 11.0 Å². The number of benzene rings is 1. The fourth-order valence-electron chi connectivity index (χ4n) is 5.13.